The number of hydrogen-bond donors (Lipinski definition) is 2. The number of alkyl halides is 4. The van der Waals surface area contributed by atoms with Crippen molar-refractivity contribution < 1.29 is 9.53 Å². The molecule has 0 radical (unpaired) electrons. The number of methoxy groups -OCH3 is 1. The first-order valence-electron chi connectivity index (χ1n) is 8.59. The number of carbonyl (C=O) groups is 1. The van der Waals surface area contributed by atoms with E-state index in [9.17, 15) is 4.79 Å². The fourth-order valence-electron chi connectivity index (χ4n) is 3.49. The van der Waals surface area contributed by atoms with Crippen molar-refractivity contribution >= 4 is 56.6 Å². The van der Waals surface area contributed by atoms with Gasteiger partial charge in [-0.1, -0.05) is 50.7 Å². The van der Waals surface area contributed by atoms with Gasteiger partial charge < -0.3 is 10.1 Å². The summed E-state index contributed by atoms with van der Waals surface area (Å²) in [6.45, 7) is 0. The molecule has 0 aliphatic heterocycles. The van der Waals surface area contributed by atoms with E-state index >= 15 is 0 Å². The second kappa shape index (κ2) is 9.61. The van der Waals surface area contributed by atoms with Crippen LogP contribution in [0, 0.1) is 5.92 Å². The molecule has 2 saturated carbocycles. The van der Waals surface area contributed by atoms with Crippen LogP contribution < -0.4 is 10.6 Å². The van der Waals surface area contributed by atoms with Gasteiger partial charge in [-0.05, 0) is 51.4 Å². The van der Waals surface area contributed by atoms with Crippen LogP contribution in [0.2, 0.25) is 0 Å². The van der Waals surface area contributed by atoms with Gasteiger partial charge in [0.1, 0.15) is 6.17 Å². The average molecular weight is 465 g/mol. The number of rotatable bonds is 5. The van der Waals surface area contributed by atoms with Crippen LogP contribution in [0.3, 0.4) is 0 Å². The van der Waals surface area contributed by atoms with Crippen LogP contribution >= 0.6 is 50.7 Å². The van der Waals surface area contributed by atoms with Crippen LogP contribution in [0.4, 0.5) is 0 Å². The van der Waals surface area contributed by atoms with Gasteiger partial charge in [-0.25, -0.2) is 0 Å². The Labute approximate surface area is 167 Å². The average Bonchev–Trinajstić information content (AvgIpc) is 2.54. The third-order valence-corrected chi connectivity index (χ3v) is 6.62. The van der Waals surface area contributed by atoms with Crippen LogP contribution in [-0.2, 0) is 9.53 Å². The molecule has 0 heterocycles. The fraction of sp³-hybridized carbons (Fsp3) is 0.938. The summed E-state index contributed by atoms with van der Waals surface area (Å²) in [6, 6.07) is 0.218. The van der Waals surface area contributed by atoms with E-state index in [1.807, 2.05) is 0 Å². The molecular formula is C16H26BrCl3N2O2. The summed E-state index contributed by atoms with van der Waals surface area (Å²) in [5.74, 6) is -0.0246. The highest BCUT2D eigenvalue weighted by atomic mass is 79.9. The van der Waals surface area contributed by atoms with Crippen LogP contribution in [0.5, 0.6) is 0 Å². The number of hydrogen-bond acceptors (Lipinski definition) is 3. The van der Waals surface area contributed by atoms with Crippen LogP contribution in [0.25, 0.3) is 0 Å². The molecule has 4 nitrogen and oxygen atoms in total. The summed E-state index contributed by atoms with van der Waals surface area (Å²) in [5, 5.41) is 6.25. The largest absolute Gasteiger partial charge is 0.381 e. The molecule has 2 fully saturated rings. The first-order chi connectivity index (χ1) is 11.3. The Hall–Kier alpha value is 0.740. The maximum absolute atomic E-state index is 12.5. The summed E-state index contributed by atoms with van der Waals surface area (Å²) in [6.07, 6.45) is 7.22. The van der Waals surface area contributed by atoms with E-state index in [2.05, 4.69) is 26.6 Å². The van der Waals surface area contributed by atoms with Crippen molar-refractivity contribution in [1.82, 2.24) is 10.6 Å². The van der Waals surface area contributed by atoms with Gasteiger partial charge in [-0.2, -0.15) is 0 Å². The summed E-state index contributed by atoms with van der Waals surface area (Å²) < 4.78 is 3.80. The van der Waals surface area contributed by atoms with Gasteiger partial charge in [0.25, 0.3) is 0 Å². The molecule has 24 heavy (non-hydrogen) atoms. The topological polar surface area (TPSA) is 50.4 Å². The Morgan fingerprint density at radius 1 is 1.08 bits per heavy atom. The molecule has 8 heteroatoms. The highest BCUT2D eigenvalue weighted by Gasteiger charge is 2.38. The number of amides is 1. The Morgan fingerprint density at radius 2 is 1.67 bits per heavy atom. The molecule has 2 rings (SSSR count). The molecule has 0 saturated heterocycles. The molecule has 0 aromatic rings. The van der Waals surface area contributed by atoms with Gasteiger partial charge in [0.05, 0.1) is 6.10 Å². The maximum atomic E-state index is 12.5. The quantitative estimate of drug-likeness (QED) is 0.471. The third-order valence-electron chi connectivity index (χ3n) is 5.05. The fourth-order valence-corrected chi connectivity index (χ4v) is 4.38. The number of halogens is 4. The Kier molecular flexibility index (Phi) is 8.43. The van der Waals surface area contributed by atoms with E-state index in [1.165, 1.54) is 0 Å². The normalized spacial score (nSPS) is 33.0. The van der Waals surface area contributed by atoms with Gasteiger partial charge in [-0.3, -0.25) is 10.1 Å². The van der Waals surface area contributed by atoms with Crippen molar-refractivity contribution in [2.24, 2.45) is 5.92 Å². The lowest BCUT2D eigenvalue weighted by atomic mass is 9.88. The van der Waals surface area contributed by atoms with Crippen LogP contribution in [0.1, 0.15) is 51.4 Å². The van der Waals surface area contributed by atoms with E-state index in [0.717, 1.165) is 51.4 Å². The van der Waals surface area contributed by atoms with Crippen molar-refractivity contribution in [3.63, 3.8) is 0 Å². The van der Waals surface area contributed by atoms with E-state index < -0.39 is 9.96 Å². The summed E-state index contributed by atoms with van der Waals surface area (Å²) in [5.41, 5.74) is 0. The van der Waals surface area contributed by atoms with Crippen molar-refractivity contribution in [3.05, 3.63) is 0 Å². The molecule has 2 aliphatic carbocycles. The number of carbonyl (C=O) groups excluding carboxylic acids is 1. The van der Waals surface area contributed by atoms with E-state index in [0.29, 0.717) is 10.9 Å². The minimum atomic E-state index is -1.58. The first kappa shape index (κ1) is 21.0. The van der Waals surface area contributed by atoms with Gasteiger partial charge in [-0.15, -0.1) is 0 Å². The maximum Gasteiger partial charge on any atom is 0.224 e. The van der Waals surface area contributed by atoms with Gasteiger partial charge in [0.2, 0.25) is 9.70 Å². The van der Waals surface area contributed by atoms with E-state index in [1.54, 1.807) is 7.11 Å². The van der Waals surface area contributed by atoms with Crippen molar-refractivity contribution in [3.8, 4) is 0 Å². The molecule has 0 aromatic heterocycles. The zero-order valence-electron chi connectivity index (χ0n) is 13.9. The Bertz CT molecular complexity index is 407. The summed E-state index contributed by atoms with van der Waals surface area (Å²) in [7, 11) is 1.74. The number of ether oxygens (including phenoxy) is 1. The number of nitrogens with one attached hydrogen (secondary N) is 2. The predicted octanol–water partition coefficient (Wildman–Crippen LogP) is 4.30. The SMILES string of the molecule is COC1CCC(NC(NC(=O)C2CCC(Br)CC2)C(Cl)(Cl)Cl)CC1. The standard InChI is InChI=1S/C16H26BrCl3N2O2/c1-24-13-8-6-12(7-9-13)21-15(16(18,19)20)22-14(23)10-2-4-11(17)5-3-10/h10-13,15,21H,2-9H2,1H3,(H,22,23). The molecule has 0 aromatic carbocycles. The molecule has 1 unspecified atom stereocenters. The van der Waals surface area contributed by atoms with Gasteiger partial charge in [0, 0.05) is 23.9 Å². The molecule has 1 atom stereocenters. The van der Waals surface area contributed by atoms with Gasteiger partial charge >= 0.3 is 0 Å². The molecule has 140 valence electrons. The molecule has 2 N–H and O–H groups in total. The van der Waals surface area contributed by atoms with Crippen molar-refractivity contribution in [2.45, 2.75) is 78.3 Å². The minimum absolute atomic E-state index is 0.000298. The van der Waals surface area contributed by atoms with E-state index in [-0.39, 0.29) is 17.9 Å². The lowest BCUT2D eigenvalue weighted by Crippen LogP contribution is -2.58. The Balaban J connectivity index is 1.88. The second-order valence-electron chi connectivity index (χ2n) is 6.81. The van der Waals surface area contributed by atoms with Crippen molar-refractivity contribution in [2.75, 3.05) is 7.11 Å². The van der Waals surface area contributed by atoms with Gasteiger partial charge in [0.15, 0.2) is 0 Å². The lowest BCUT2D eigenvalue weighted by molar-refractivity contribution is -0.126. The predicted molar refractivity (Wildman–Crippen MR) is 103 cm³/mol. The third kappa shape index (κ3) is 6.48. The monoisotopic (exact) mass is 462 g/mol. The molecule has 0 bridgehead atoms. The van der Waals surface area contributed by atoms with Crippen LogP contribution in [-0.4, -0.2) is 39.9 Å². The zero-order valence-corrected chi connectivity index (χ0v) is 17.7. The van der Waals surface area contributed by atoms with E-state index in [4.69, 9.17) is 39.5 Å². The summed E-state index contributed by atoms with van der Waals surface area (Å²) in [4.78, 5) is 13.1. The minimum Gasteiger partial charge on any atom is -0.381 e. The summed E-state index contributed by atoms with van der Waals surface area (Å²) >= 11 is 21.9. The molecular weight excluding hydrogens is 438 g/mol. The molecule has 0 spiro atoms. The van der Waals surface area contributed by atoms with Crippen molar-refractivity contribution in [1.29, 1.82) is 0 Å². The lowest BCUT2D eigenvalue weighted by Gasteiger charge is -2.35. The highest BCUT2D eigenvalue weighted by molar-refractivity contribution is 9.09. The molecule has 2 aliphatic rings. The Morgan fingerprint density at radius 3 is 2.17 bits per heavy atom. The highest BCUT2D eigenvalue weighted by Crippen LogP contribution is 2.33. The van der Waals surface area contributed by atoms with Crippen LogP contribution in [0.15, 0.2) is 0 Å². The zero-order chi connectivity index (χ0) is 17.7. The first-order valence-corrected chi connectivity index (χ1v) is 10.6. The molecule has 1 amide bonds. The smallest absolute Gasteiger partial charge is 0.224 e. The second-order valence-corrected chi connectivity index (χ2v) is 10.5.